The summed E-state index contributed by atoms with van der Waals surface area (Å²) in [6.45, 7) is 5.84. The normalized spacial score (nSPS) is 18.5. The number of carbonyl (C=O) groups is 4. The van der Waals surface area contributed by atoms with Crippen LogP contribution in [0.2, 0.25) is 0 Å². The Balaban J connectivity index is 2.70. The predicted octanol–water partition coefficient (Wildman–Crippen LogP) is 16.1. The van der Waals surface area contributed by atoms with E-state index >= 15 is 0 Å². The lowest BCUT2D eigenvalue weighted by molar-refractivity contribution is -0.301. The van der Waals surface area contributed by atoms with Crippen LogP contribution in [0.1, 0.15) is 265 Å². The van der Waals surface area contributed by atoms with Gasteiger partial charge in [0.2, 0.25) is 0 Å². The summed E-state index contributed by atoms with van der Waals surface area (Å²) in [6, 6.07) is 0. The van der Waals surface area contributed by atoms with E-state index in [4.69, 9.17) is 23.7 Å². The molecule has 1 saturated heterocycles. The van der Waals surface area contributed by atoms with Crippen LogP contribution in [0.3, 0.4) is 0 Å². The first-order valence-corrected chi connectivity index (χ1v) is 30.9. The molecule has 1 rings (SSSR count). The molecule has 6 atom stereocenters. The van der Waals surface area contributed by atoms with E-state index in [1.54, 1.807) is 0 Å². The minimum absolute atomic E-state index is 0.0413. The number of carboxylic acid groups (broad SMARTS) is 1. The third kappa shape index (κ3) is 42.7. The van der Waals surface area contributed by atoms with Crippen molar-refractivity contribution in [3.8, 4) is 0 Å². The number of rotatable bonds is 52. The second-order valence-corrected chi connectivity index (χ2v) is 21.0. The highest BCUT2D eigenvalue weighted by molar-refractivity contribution is 5.74. The van der Waals surface area contributed by atoms with Gasteiger partial charge in [0.15, 0.2) is 24.6 Å². The van der Waals surface area contributed by atoms with Crippen molar-refractivity contribution < 1.29 is 58.2 Å². The molecule has 0 aromatic heterocycles. The number of hydrogen-bond acceptors (Lipinski definition) is 11. The zero-order chi connectivity index (χ0) is 56.1. The highest BCUT2D eigenvalue weighted by Crippen LogP contribution is 2.26. The molecule has 12 nitrogen and oxygen atoms in total. The Hall–Kier alpha value is -3.84. The van der Waals surface area contributed by atoms with Crippen molar-refractivity contribution >= 4 is 23.9 Å². The lowest BCUT2D eigenvalue weighted by Gasteiger charge is -2.40. The van der Waals surface area contributed by atoms with E-state index in [0.29, 0.717) is 19.3 Å². The molecule has 442 valence electrons. The molecule has 1 heterocycles. The first kappa shape index (κ1) is 71.2. The van der Waals surface area contributed by atoms with E-state index in [1.807, 2.05) is 0 Å². The molecule has 0 aromatic rings. The van der Waals surface area contributed by atoms with Crippen LogP contribution in [0.15, 0.2) is 72.9 Å². The zero-order valence-corrected chi connectivity index (χ0v) is 48.7. The zero-order valence-electron chi connectivity index (χ0n) is 48.7. The van der Waals surface area contributed by atoms with Gasteiger partial charge in [0.1, 0.15) is 18.8 Å². The van der Waals surface area contributed by atoms with Crippen molar-refractivity contribution in [2.75, 3.05) is 13.2 Å². The smallest absolute Gasteiger partial charge is 0.335 e. The molecule has 0 bridgehead atoms. The summed E-state index contributed by atoms with van der Waals surface area (Å²) in [4.78, 5) is 51.2. The fraction of sp³-hybridized carbons (Fsp3) is 0.754. The molecular formula is C65H110O12. The van der Waals surface area contributed by atoms with Gasteiger partial charge in [-0.1, -0.05) is 229 Å². The van der Waals surface area contributed by atoms with Gasteiger partial charge in [-0.2, -0.15) is 0 Å². The molecular weight excluding hydrogens is 973 g/mol. The summed E-state index contributed by atoms with van der Waals surface area (Å²) in [5, 5.41) is 31.5. The van der Waals surface area contributed by atoms with Crippen LogP contribution in [-0.4, -0.2) is 89.2 Å². The first-order chi connectivity index (χ1) is 37.6. The van der Waals surface area contributed by atoms with Crippen LogP contribution in [0, 0.1) is 0 Å². The Kier molecular flexibility index (Phi) is 48.8. The first-order valence-electron chi connectivity index (χ1n) is 30.9. The summed E-state index contributed by atoms with van der Waals surface area (Å²) < 4.78 is 28.5. The molecule has 6 unspecified atom stereocenters. The number of hydrogen-bond donors (Lipinski definition) is 3. The minimum atomic E-state index is -1.91. The van der Waals surface area contributed by atoms with Crippen LogP contribution in [-0.2, 0) is 42.9 Å². The molecule has 1 aliphatic rings. The van der Waals surface area contributed by atoms with E-state index in [-0.39, 0.29) is 25.9 Å². The van der Waals surface area contributed by atoms with E-state index in [2.05, 4.69) is 93.7 Å². The van der Waals surface area contributed by atoms with Gasteiger partial charge in [0.05, 0.1) is 6.61 Å². The van der Waals surface area contributed by atoms with Crippen molar-refractivity contribution in [2.45, 2.75) is 302 Å². The summed E-state index contributed by atoms with van der Waals surface area (Å²) in [5.74, 6) is -3.16. The lowest BCUT2D eigenvalue weighted by Crippen LogP contribution is -2.61. The van der Waals surface area contributed by atoms with Gasteiger partial charge >= 0.3 is 23.9 Å². The average Bonchev–Trinajstić information content (AvgIpc) is 3.42. The Morgan fingerprint density at radius 2 is 0.818 bits per heavy atom. The molecule has 0 aliphatic carbocycles. The van der Waals surface area contributed by atoms with Crippen molar-refractivity contribution in [2.24, 2.45) is 0 Å². The maximum Gasteiger partial charge on any atom is 0.335 e. The second kappa shape index (κ2) is 52.8. The average molecular weight is 1080 g/mol. The van der Waals surface area contributed by atoms with Crippen LogP contribution in [0.4, 0.5) is 0 Å². The fourth-order valence-corrected chi connectivity index (χ4v) is 9.04. The van der Waals surface area contributed by atoms with E-state index in [9.17, 15) is 34.5 Å². The fourth-order valence-electron chi connectivity index (χ4n) is 9.04. The van der Waals surface area contributed by atoms with Crippen molar-refractivity contribution in [1.82, 2.24) is 0 Å². The second-order valence-electron chi connectivity index (χ2n) is 21.0. The maximum atomic E-state index is 13.2. The number of esters is 3. The molecule has 3 N–H and O–H groups in total. The number of unbranched alkanes of at least 4 members (excludes halogenated alkanes) is 26. The maximum absolute atomic E-state index is 13.2. The van der Waals surface area contributed by atoms with E-state index in [0.717, 1.165) is 116 Å². The Bertz CT molecular complexity index is 1620. The van der Waals surface area contributed by atoms with Gasteiger partial charge < -0.3 is 39.0 Å². The SMILES string of the molecule is CC/C=C\C/C=C\C/C=C\C/C=C\CCCCCCC(=O)OCC(COC1OC(C(=O)O)C(O)C(O)C1OC(=O)CCCCCCC/C=C\C/C=C\CCCCC)OC(=O)CCCCCCCCCCCCCCCCC. The Morgan fingerprint density at radius 3 is 1.27 bits per heavy atom. The quantitative estimate of drug-likeness (QED) is 0.0228. The number of aliphatic carboxylic acids is 1. The molecule has 0 aromatic carbocycles. The summed E-state index contributed by atoms with van der Waals surface area (Å²) in [5.41, 5.74) is 0. The molecule has 12 heteroatoms. The van der Waals surface area contributed by atoms with Gasteiger partial charge in [-0.3, -0.25) is 14.4 Å². The van der Waals surface area contributed by atoms with Crippen molar-refractivity contribution in [3.05, 3.63) is 72.9 Å². The Morgan fingerprint density at radius 1 is 0.442 bits per heavy atom. The Labute approximate surface area is 468 Å². The van der Waals surface area contributed by atoms with Crippen LogP contribution in [0.25, 0.3) is 0 Å². The van der Waals surface area contributed by atoms with Crippen molar-refractivity contribution in [1.29, 1.82) is 0 Å². The third-order valence-corrected chi connectivity index (χ3v) is 13.8. The largest absolute Gasteiger partial charge is 0.479 e. The monoisotopic (exact) mass is 1080 g/mol. The molecule has 0 radical (unpaired) electrons. The third-order valence-electron chi connectivity index (χ3n) is 13.8. The van der Waals surface area contributed by atoms with Crippen LogP contribution < -0.4 is 0 Å². The highest BCUT2D eigenvalue weighted by atomic mass is 16.7. The van der Waals surface area contributed by atoms with Gasteiger partial charge in [-0.15, -0.1) is 0 Å². The molecule has 1 aliphatic heterocycles. The number of carbonyl (C=O) groups excluding carboxylic acids is 3. The van der Waals surface area contributed by atoms with Gasteiger partial charge in [0.25, 0.3) is 0 Å². The van der Waals surface area contributed by atoms with Crippen LogP contribution >= 0.6 is 0 Å². The van der Waals surface area contributed by atoms with Gasteiger partial charge in [0, 0.05) is 19.3 Å². The molecule has 77 heavy (non-hydrogen) atoms. The summed E-state index contributed by atoms with van der Waals surface area (Å²) >= 11 is 0. The highest BCUT2D eigenvalue weighted by Gasteiger charge is 2.50. The van der Waals surface area contributed by atoms with Gasteiger partial charge in [-0.25, -0.2) is 4.79 Å². The number of aliphatic hydroxyl groups is 2. The van der Waals surface area contributed by atoms with E-state index in [1.165, 1.54) is 89.9 Å². The number of allylic oxidation sites excluding steroid dienone is 12. The van der Waals surface area contributed by atoms with Crippen LogP contribution in [0.5, 0.6) is 0 Å². The van der Waals surface area contributed by atoms with Crippen molar-refractivity contribution in [3.63, 3.8) is 0 Å². The molecule has 1 fully saturated rings. The van der Waals surface area contributed by atoms with Gasteiger partial charge in [-0.05, 0) is 89.9 Å². The summed E-state index contributed by atoms with van der Waals surface area (Å²) in [7, 11) is 0. The molecule has 0 saturated carbocycles. The standard InChI is InChI=1S/C65H110O12/c1-4-7-10-13-16-19-22-25-28-29-32-33-36-39-42-45-48-51-57(66)73-54-56(75-58(67)52-49-46-43-40-37-34-30-26-23-20-17-14-11-8-5-2)55-74-65-63(61(70)60(69)62(77-65)64(71)72)76-59(68)53-50-47-44-41-38-35-31-27-24-21-18-15-12-9-6-3/h7,10,16,18-19,21,25,27-28,31-33,56,60-63,65,69-70H,4-6,8-9,11-15,17,20,22-24,26,29-30,34-55H2,1-3H3,(H,71,72)/b10-7-,19-16-,21-18-,28-25-,31-27-,33-32-. The lowest BCUT2D eigenvalue weighted by atomic mass is 9.98. The van der Waals surface area contributed by atoms with E-state index < -0.39 is 67.3 Å². The summed E-state index contributed by atoms with van der Waals surface area (Å²) in [6.07, 6.45) is 54.3. The topological polar surface area (TPSA) is 175 Å². The molecule has 0 amide bonds. The molecule has 0 spiro atoms. The minimum Gasteiger partial charge on any atom is -0.479 e. The predicted molar refractivity (Wildman–Crippen MR) is 312 cm³/mol. The number of aliphatic hydroxyl groups excluding tert-OH is 2. The number of carboxylic acids is 1. The number of ether oxygens (including phenoxy) is 5.